The molecular formula is C14H22N2O4. The lowest BCUT2D eigenvalue weighted by atomic mass is 9.84. The van der Waals surface area contributed by atoms with Gasteiger partial charge >= 0.3 is 5.97 Å². The Kier molecular flexibility index (Phi) is 5.11. The molecule has 1 aromatic heterocycles. The molecular weight excluding hydrogens is 260 g/mol. The fourth-order valence-electron chi connectivity index (χ4n) is 2.74. The largest absolute Gasteiger partial charge is 0.481 e. The molecule has 0 atom stereocenters. The van der Waals surface area contributed by atoms with Crippen LogP contribution < -0.4 is 0 Å². The molecule has 6 heteroatoms. The Balaban J connectivity index is 1.92. The summed E-state index contributed by atoms with van der Waals surface area (Å²) in [6.45, 7) is 0. The van der Waals surface area contributed by atoms with E-state index in [1.807, 2.05) is 0 Å². The first-order valence-electron chi connectivity index (χ1n) is 7.26. The lowest BCUT2D eigenvalue weighted by molar-refractivity contribution is -0.137. The fraction of sp³-hybridized carbons (Fsp3) is 0.786. The van der Waals surface area contributed by atoms with E-state index in [4.69, 9.17) is 14.4 Å². The van der Waals surface area contributed by atoms with Gasteiger partial charge in [0.25, 0.3) is 0 Å². The van der Waals surface area contributed by atoms with Crippen molar-refractivity contribution < 1.29 is 19.2 Å². The molecule has 1 aromatic rings. The van der Waals surface area contributed by atoms with E-state index in [0.29, 0.717) is 24.6 Å². The van der Waals surface area contributed by atoms with Gasteiger partial charge in [0.05, 0.1) is 0 Å². The minimum atomic E-state index is -0.767. The van der Waals surface area contributed by atoms with Crippen LogP contribution in [0.3, 0.4) is 0 Å². The van der Waals surface area contributed by atoms with Gasteiger partial charge in [-0.1, -0.05) is 24.4 Å². The number of unbranched alkanes of at least 4 members (excludes halogenated alkanes) is 1. The van der Waals surface area contributed by atoms with Crippen LogP contribution in [0, 0.1) is 0 Å². The van der Waals surface area contributed by atoms with Gasteiger partial charge in [-0.25, -0.2) is 0 Å². The van der Waals surface area contributed by atoms with Gasteiger partial charge in [-0.2, -0.15) is 4.98 Å². The first-order valence-corrected chi connectivity index (χ1v) is 7.26. The highest BCUT2D eigenvalue weighted by atomic mass is 16.5. The number of aromatic nitrogens is 2. The Labute approximate surface area is 118 Å². The Morgan fingerprint density at radius 2 is 2.10 bits per heavy atom. The summed E-state index contributed by atoms with van der Waals surface area (Å²) in [4.78, 5) is 14.9. The topological polar surface area (TPSA) is 85.5 Å². The lowest BCUT2D eigenvalue weighted by Crippen LogP contribution is -2.32. The van der Waals surface area contributed by atoms with Gasteiger partial charge in [0.15, 0.2) is 0 Å². The quantitative estimate of drug-likeness (QED) is 0.774. The number of aliphatic carboxylic acids is 1. The molecule has 2 rings (SSSR count). The number of rotatable bonds is 7. The predicted octanol–water partition coefficient (Wildman–Crippen LogP) is 2.67. The van der Waals surface area contributed by atoms with E-state index >= 15 is 0 Å². The van der Waals surface area contributed by atoms with Gasteiger partial charge in [0.1, 0.15) is 5.60 Å². The third kappa shape index (κ3) is 3.56. The molecule has 0 spiro atoms. The first-order chi connectivity index (χ1) is 9.66. The van der Waals surface area contributed by atoms with E-state index in [2.05, 4.69) is 10.1 Å². The monoisotopic (exact) mass is 282 g/mol. The van der Waals surface area contributed by atoms with Gasteiger partial charge in [-0.05, 0) is 25.7 Å². The fourth-order valence-corrected chi connectivity index (χ4v) is 2.74. The van der Waals surface area contributed by atoms with Crippen molar-refractivity contribution in [3.05, 3.63) is 11.7 Å². The number of aryl methyl sites for hydroxylation is 1. The average Bonchev–Trinajstić information content (AvgIpc) is 2.93. The maximum Gasteiger partial charge on any atom is 0.303 e. The van der Waals surface area contributed by atoms with E-state index in [1.165, 1.54) is 6.42 Å². The maximum absolute atomic E-state index is 10.4. The van der Waals surface area contributed by atoms with Crippen molar-refractivity contribution in [2.24, 2.45) is 0 Å². The summed E-state index contributed by atoms with van der Waals surface area (Å²) >= 11 is 0. The summed E-state index contributed by atoms with van der Waals surface area (Å²) in [7, 11) is 1.70. The smallest absolute Gasteiger partial charge is 0.303 e. The molecule has 0 aromatic carbocycles. The first kappa shape index (κ1) is 15.0. The van der Waals surface area contributed by atoms with Crippen molar-refractivity contribution in [1.82, 2.24) is 10.1 Å². The summed E-state index contributed by atoms with van der Waals surface area (Å²) in [6.07, 6.45) is 7.51. The second-order valence-electron chi connectivity index (χ2n) is 5.37. The van der Waals surface area contributed by atoms with E-state index in [9.17, 15) is 4.79 Å². The molecule has 1 aliphatic rings. The Hall–Kier alpha value is -1.43. The molecule has 0 unspecified atom stereocenters. The lowest BCUT2D eigenvalue weighted by Gasteiger charge is -2.32. The summed E-state index contributed by atoms with van der Waals surface area (Å²) in [5, 5.41) is 12.7. The van der Waals surface area contributed by atoms with Crippen molar-refractivity contribution >= 4 is 5.97 Å². The highest BCUT2D eigenvalue weighted by Crippen LogP contribution is 2.38. The molecule has 1 fully saturated rings. The average molecular weight is 282 g/mol. The number of hydrogen-bond acceptors (Lipinski definition) is 5. The number of hydrogen-bond donors (Lipinski definition) is 1. The van der Waals surface area contributed by atoms with Crippen molar-refractivity contribution in [2.45, 2.75) is 63.4 Å². The SMILES string of the molecule is COC1(c2noc(CCCCC(=O)O)n2)CCCCC1. The molecule has 0 aliphatic heterocycles. The van der Waals surface area contributed by atoms with E-state index in [1.54, 1.807) is 7.11 Å². The van der Waals surface area contributed by atoms with Gasteiger partial charge in [-0.15, -0.1) is 0 Å². The molecule has 6 nitrogen and oxygen atoms in total. The Bertz CT molecular complexity index is 438. The van der Waals surface area contributed by atoms with Crippen LogP contribution >= 0.6 is 0 Å². The zero-order valence-corrected chi connectivity index (χ0v) is 11.9. The van der Waals surface area contributed by atoms with E-state index in [-0.39, 0.29) is 12.0 Å². The van der Waals surface area contributed by atoms with Crippen LogP contribution in [0.5, 0.6) is 0 Å². The highest BCUT2D eigenvalue weighted by molar-refractivity contribution is 5.66. The van der Waals surface area contributed by atoms with Crippen LogP contribution in [0.4, 0.5) is 0 Å². The number of carboxylic acid groups (broad SMARTS) is 1. The standard InChI is InChI=1S/C14H22N2O4/c1-19-14(9-5-2-6-10-14)13-15-11(20-16-13)7-3-4-8-12(17)18/h2-10H2,1H3,(H,17,18). The molecule has 0 saturated heterocycles. The summed E-state index contributed by atoms with van der Waals surface area (Å²) < 4.78 is 10.9. The molecule has 1 heterocycles. The van der Waals surface area contributed by atoms with Gasteiger partial charge in [0, 0.05) is 20.0 Å². The normalized spacial score (nSPS) is 18.1. The Morgan fingerprint density at radius 1 is 1.35 bits per heavy atom. The van der Waals surface area contributed by atoms with Crippen LogP contribution in [0.25, 0.3) is 0 Å². The minimum absolute atomic E-state index is 0.184. The van der Waals surface area contributed by atoms with E-state index < -0.39 is 5.97 Å². The third-order valence-corrected chi connectivity index (χ3v) is 3.96. The second-order valence-corrected chi connectivity index (χ2v) is 5.37. The van der Waals surface area contributed by atoms with Crippen LogP contribution in [0.1, 0.15) is 63.1 Å². The number of carboxylic acids is 1. The number of ether oxygens (including phenoxy) is 1. The third-order valence-electron chi connectivity index (χ3n) is 3.96. The molecule has 1 saturated carbocycles. The van der Waals surface area contributed by atoms with Crippen LogP contribution in [0.2, 0.25) is 0 Å². The van der Waals surface area contributed by atoms with Crippen molar-refractivity contribution in [3.8, 4) is 0 Å². The van der Waals surface area contributed by atoms with Crippen molar-refractivity contribution in [2.75, 3.05) is 7.11 Å². The van der Waals surface area contributed by atoms with Crippen LogP contribution in [-0.2, 0) is 21.6 Å². The highest BCUT2D eigenvalue weighted by Gasteiger charge is 2.38. The molecule has 0 amide bonds. The zero-order chi connectivity index (χ0) is 14.4. The second kappa shape index (κ2) is 6.83. The molecule has 0 bridgehead atoms. The molecule has 1 N–H and O–H groups in total. The maximum atomic E-state index is 10.4. The summed E-state index contributed by atoms with van der Waals surface area (Å²) in [5.74, 6) is 0.456. The van der Waals surface area contributed by atoms with E-state index in [0.717, 1.165) is 32.1 Å². The van der Waals surface area contributed by atoms with Crippen LogP contribution in [-0.4, -0.2) is 28.3 Å². The minimum Gasteiger partial charge on any atom is -0.481 e. The summed E-state index contributed by atoms with van der Waals surface area (Å²) in [5.41, 5.74) is -0.388. The van der Waals surface area contributed by atoms with Gasteiger partial charge in [-0.3, -0.25) is 4.79 Å². The molecule has 1 aliphatic carbocycles. The Morgan fingerprint density at radius 3 is 2.75 bits per heavy atom. The van der Waals surface area contributed by atoms with Crippen LogP contribution in [0.15, 0.2) is 4.52 Å². The van der Waals surface area contributed by atoms with Crippen molar-refractivity contribution in [3.63, 3.8) is 0 Å². The predicted molar refractivity (Wildman–Crippen MR) is 71.3 cm³/mol. The van der Waals surface area contributed by atoms with Gasteiger partial charge < -0.3 is 14.4 Å². The van der Waals surface area contributed by atoms with Gasteiger partial charge in [0.2, 0.25) is 11.7 Å². The molecule has 0 radical (unpaired) electrons. The number of carbonyl (C=O) groups is 1. The molecule has 112 valence electrons. The number of methoxy groups -OCH3 is 1. The number of nitrogens with zero attached hydrogens (tertiary/aromatic N) is 2. The summed E-state index contributed by atoms with van der Waals surface area (Å²) in [6, 6.07) is 0. The molecule has 20 heavy (non-hydrogen) atoms. The van der Waals surface area contributed by atoms with Crippen molar-refractivity contribution in [1.29, 1.82) is 0 Å². The zero-order valence-electron chi connectivity index (χ0n) is 11.9.